The highest BCUT2D eigenvalue weighted by molar-refractivity contribution is 5.88. The zero-order valence-corrected chi connectivity index (χ0v) is 18.3. The summed E-state index contributed by atoms with van der Waals surface area (Å²) in [6.45, 7) is -0.861. The number of hydrogen-bond donors (Lipinski definition) is 0. The lowest BCUT2D eigenvalue weighted by atomic mass is 9.97. The molecule has 0 aliphatic rings. The second-order valence-electron chi connectivity index (χ2n) is 7.69. The van der Waals surface area contributed by atoms with E-state index in [1.54, 1.807) is 42.5 Å². The summed E-state index contributed by atoms with van der Waals surface area (Å²) in [4.78, 5) is 0. The largest absolute Gasteiger partial charge is 0.494 e. The fourth-order valence-electron chi connectivity index (χ4n) is 3.85. The molecule has 0 saturated heterocycles. The molecule has 0 unspecified atom stereocenters. The summed E-state index contributed by atoms with van der Waals surface area (Å²) in [5.74, 6) is -1.83. The Morgan fingerprint density at radius 3 is 2.32 bits per heavy atom. The highest BCUT2D eigenvalue weighted by Crippen LogP contribution is 2.31. The van der Waals surface area contributed by atoms with E-state index in [2.05, 4.69) is 4.74 Å². The lowest BCUT2D eigenvalue weighted by Crippen LogP contribution is -2.04. The van der Waals surface area contributed by atoms with Gasteiger partial charge in [-0.3, -0.25) is 0 Å². The molecule has 0 heterocycles. The van der Waals surface area contributed by atoms with Gasteiger partial charge in [-0.15, -0.1) is 0 Å². The first-order chi connectivity index (χ1) is 16.4. The molecule has 176 valence electrons. The zero-order chi connectivity index (χ0) is 24.2. The van der Waals surface area contributed by atoms with Crippen LogP contribution >= 0.6 is 0 Å². The van der Waals surface area contributed by atoms with Crippen LogP contribution in [0.4, 0.5) is 22.0 Å². The van der Waals surface area contributed by atoms with Crippen LogP contribution in [0.2, 0.25) is 0 Å². The van der Waals surface area contributed by atoms with Crippen molar-refractivity contribution in [2.45, 2.75) is 26.4 Å². The first-order valence-electron chi connectivity index (χ1n) is 10.7. The molecule has 0 spiro atoms. The maximum absolute atomic E-state index is 15.1. The van der Waals surface area contributed by atoms with Crippen LogP contribution in [-0.4, -0.2) is 13.2 Å². The van der Waals surface area contributed by atoms with Crippen LogP contribution in [0.3, 0.4) is 0 Å². The molecule has 0 atom stereocenters. The van der Waals surface area contributed by atoms with Crippen molar-refractivity contribution in [3.8, 4) is 22.6 Å². The minimum absolute atomic E-state index is 0.283. The predicted octanol–water partition coefficient (Wildman–Crippen LogP) is 7.71. The van der Waals surface area contributed by atoms with Gasteiger partial charge in [0, 0.05) is 17.0 Å². The summed E-state index contributed by atoms with van der Waals surface area (Å²) >= 11 is 0. The van der Waals surface area contributed by atoms with Crippen molar-refractivity contribution in [1.29, 1.82) is 0 Å². The van der Waals surface area contributed by atoms with Crippen LogP contribution in [0.15, 0.2) is 66.7 Å². The van der Waals surface area contributed by atoms with Crippen molar-refractivity contribution in [3.05, 3.63) is 95.3 Å². The van der Waals surface area contributed by atoms with Crippen LogP contribution in [0.25, 0.3) is 21.9 Å². The normalized spacial score (nSPS) is 11.3. The predicted molar refractivity (Wildman–Crippen MR) is 121 cm³/mol. The first-order valence-corrected chi connectivity index (χ1v) is 10.7. The third kappa shape index (κ3) is 5.14. The van der Waals surface area contributed by atoms with Crippen molar-refractivity contribution in [1.82, 2.24) is 0 Å². The molecule has 0 aromatic heterocycles. The maximum atomic E-state index is 15.1. The second kappa shape index (κ2) is 10.1. The van der Waals surface area contributed by atoms with Gasteiger partial charge in [0.1, 0.15) is 17.4 Å². The summed E-state index contributed by atoms with van der Waals surface area (Å²) in [5, 5.41) is 1.01. The summed E-state index contributed by atoms with van der Waals surface area (Å²) in [6, 6.07) is 16.7. The van der Waals surface area contributed by atoms with Crippen LogP contribution in [0.1, 0.15) is 18.1 Å². The molecule has 4 rings (SSSR count). The van der Waals surface area contributed by atoms with E-state index >= 15 is 4.39 Å². The van der Waals surface area contributed by atoms with Crippen LogP contribution < -0.4 is 9.47 Å². The molecule has 7 heteroatoms. The summed E-state index contributed by atoms with van der Waals surface area (Å²) in [6.07, 6.45) is 0.593. The standard InChI is InChI=1S/C27H21F5O2/c1-2-33-20-9-11-21(23(28)15-20)18-8-10-22-19(14-18)7-6-17(26(22)30)5-3-16-4-12-25(24(29)13-16)34-27(31)32/h4,6-15,27H,2-3,5H2,1H3. The zero-order valence-electron chi connectivity index (χ0n) is 18.3. The second-order valence-corrected chi connectivity index (χ2v) is 7.69. The number of alkyl halides is 2. The third-order valence-corrected chi connectivity index (χ3v) is 5.49. The summed E-state index contributed by atoms with van der Waals surface area (Å²) < 4.78 is 77.6. The van der Waals surface area contributed by atoms with Gasteiger partial charge < -0.3 is 9.47 Å². The number of rotatable bonds is 8. The number of aryl methyl sites for hydroxylation is 2. The molecule has 0 saturated carbocycles. The highest BCUT2D eigenvalue weighted by Gasteiger charge is 2.13. The van der Waals surface area contributed by atoms with E-state index < -0.39 is 29.8 Å². The SMILES string of the molecule is CCOc1ccc(-c2ccc3c(F)c(CCc4ccc(OC(F)F)c(F)c4)ccc3c2)c(F)c1. The quantitative estimate of drug-likeness (QED) is 0.245. The fourth-order valence-corrected chi connectivity index (χ4v) is 3.85. The molecular weight excluding hydrogens is 451 g/mol. The Hall–Kier alpha value is -3.61. The molecule has 0 amide bonds. The highest BCUT2D eigenvalue weighted by atomic mass is 19.3. The van der Waals surface area contributed by atoms with Gasteiger partial charge in [0.25, 0.3) is 0 Å². The monoisotopic (exact) mass is 472 g/mol. The van der Waals surface area contributed by atoms with E-state index in [-0.39, 0.29) is 6.42 Å². The summed E-state index contributed by atoms with van der Waals surface area (Å²) in [7, 11) is 0. The van der Waals surface area contributed by atoms with Gasteiger partial charge in [-0.05, 0) is 72.2 Å². The lowest BCUT2D eigenvalue weighted by molar-refractivity contribution is -0.0522. The van der Waals surface area contributed by atoms with Gasteiger partial charge in [-0.1, -0.05) is 30.3 Å². The Balaban J connectivity index is 1.54. The summed E-state index contributed by atoms with van der Waals surface area (Å²) in [5.41, 5.74) is 1.96. The fraction of sp³-hybridized carbons (Fsp3) is 0.185. The Morgan fingerprint density at radius 1 is 0.794 bits per heavy atom. The molecule has 0 radical (unpaired) electrons. The lowest BCUT2D eigenvalue weighted by Gasteiger charge is -2.11. The number of hydrogen-bond acceptors (Lipinski definition) is 2. The third-order valence-electron chi connectivity index (χ3n) is 5.49. The molecule has 4 aromatic carbocycles. The van der Waals surface area contributed by atoms with Crippen molar-refractivity contribution in [2.24, 2.45) is 0 Å². The molecule has 0 aliphatic heterocycles. The van der Waals surface area contributed by atoms with E-state index in [9.17, 15) is 17.6 Å². The van der Waals surface area contributed by atoms with Gasteiger partial charge in [0.15, 0.2) is 11.6 Å². The molecule has 0 fully saturated rings. The molecule has 0 aliphatic carbocycles. The van der Waals surface area contributed by atoms with Crippen molar-refractivity contribution < 1.29 is 31.4 Å². The van der Waals surface area contributed by atoms with E-state index in [1.807, 2.05) is 6.92 Å². The minimum atomic E-state index is -3.11. The molecular formula is C27H21F5O2. The van der Waals surface area contributed by atoms with Crippen molar-refractivity contribution in [2.75, 3.05) is 6.61 Å². The smallest absolute Gasteiger partial charge is 0.387 e. The number of benzene rings is 4. The number of halogens is 5. The average molecular weight is 472 g/mol. The van der Waals surface area contributed by atoms with E-state index in [0.717, 1.165) is 12.1 Å². The van der Waals surface area contributed by atoms with Gasteiger partial charge in [-0.2, -0.15) is 8.78 Å². The molecule has 0 N–H and O–H groups in total. The van der Waals surface area contributed by atoms with Gasteiger partial charge in [0.2, 0.25) is 0 Å². The Kier molecular flexibility index (Phi) is 7.01. The molecule has 34 heavy (non-hydrogen) atoms. The topological polar surface area (TPSA) is 18.5 Å². The number of ether oxygens (including phenoxy) is 2. The Morgan fingerprint density at radius 2 is 1.62 bits per heavy atom. The number of fused-ring (bicyclic) bond motifs is 1. The van der Waals surface area contributed by atoms with Gasteiger partial charge in [0.05, 0.1) is 6.61 Å². The average Bonchev–Trinajstić information content (AvgIpc) is 2.80. The first kappa shape index (κ1) is 23.5. The van der Waals surface area contributed by atoms with Crippen LogP contribution in [-0.2, 0) is 12.8 Å². The van der Waals surface area contributed by atoms with E-state index in [4.69, 9.17) is 4.74 Å². The molecule has 4 aromatic rings. The van der Waals surface area contributed by atoms with Gasteiger partial charge in [-0.25, -0.2) is 13.2 Å². The molecule has 2 nitrogen and oxygen atoms in total. The van der Waals surface area contributed by atoms with Crippen molar-refractivity contribution in [3.63, 3.8) is 0 Å². The van der Waals surface area contributed by atoms with E-state index in [1.165, 1.54) is 12.1 Å². The van der Waals surface area contributed by atoms with Crippen LogP contribution in [0, 0.1) is 17.5 Å². The molecule has 0 bridgehead atoms. The van der Waals surface area contributed by atoms with Gasteiger partial charge >= 0.3 is 6.61 Å². The van der Waals surface area contributed by atoms with E-state index in [0.29, 0.717) is 51.8 Å². The minimum Gasteiger partial charge on any atom is -0.494 e. The van der Waals surface area contributed by atoms with Crippen molar-refractivity contribution >= 4 is 10.8 Å². The maximum Gasteiger partial charge on any atom is 0.387 e. The Labute approximate surface area is 193 Å². The van der Waals surface area contributed by atoms with Crippen LogP contribution in [0.5, 0.6) is 11.5 Å². The Bertz CT molecular complexity index is 1320.